The van der Waals surface area contributed by atoms with E-state index in [-0.39, 0.29) is 24.3 Å². The van der Waals surface area contributed by atoms with Gasteiger partial charge in [0.1, 0.15) is 12.1 Å². The Morgan fingerprint density at radius 2 is 2.10 bits per heavy atom. The van der Waals surface area contributed by atoms with Gasteiger partial charge < -0.3 is 14.6 Å². The molecule has 1 N–H and O–H groups in total. The molecule has 0 radical (unpaired) electrons. The van der Waals surface area contributed by atoms with Crippen LogP contribution in [0.1, 0.15) is 38.5 Å². The minimum atomic E-state index is -0.896. The van der Waals surface area contributed by atoms with Crippen molar-refractivity contribution in [2.75, 3.05) is 6.54 Å². The van der Waals surface area contributed by atoms with Crippen LogP contribution in [0.4, 0.5) is 4.79 Å². The highest BCUT2D eigenvalue weighted by molar-refractivity contribution is 6.08. The van der Waals surface area contributed by atoms with Crippen molar-refractivity contribution >= 4 is 17.9 Å². The molecule has 3 amide bonds. The Kier molecular flexibility index (Phi) is 5.04. The van der Waals surface area contributed by atoms with E-state index in [1.54, 1.807) is 0 Å². The number of amides is 3. The maximum Gasteiger partial charge on any atom is 0.326 e. The van der Waals surface area contributed by atoms with Gasteiger partial charge in [0.05, 0.1) is 0 Å². The van der Waals surface area contributed by atoms with Crippen molar-refractivity contribution in [1.29, 1.82) is 0 Å². The number of urea groups is 1. The van der Waals surface area contributed by atoms with Crippen LogP contribution in [0.2, 0.25) is 0 Å². The van der Waals surface area contributed by atoms with Crippen molar-refractivity contribution in [3.8, 4) is 11.4 Å². The third kappa shape index (κ3) is 3.59. The molecule has 2 aromatic rings. The number of nitrogens with zero attached hydrogens (tertiary/aromatic N) is 3. The molecule has 0 unspecified atom stereocenters. The summed E-state index contributed by atoms with van der Waals surface area (Å²) in [6.45, 7) is 1.28. The molecule has 1 aliphatic carbocycles. The van der Waals surface area contributed by atoms with Gasteiger partial charge in [-0.05, 0) is 18.8 Å². The van der Waals surface area contributed by atoms with Crippen LogP contribution in [0.15, 0.2) is 34.9 Å². The van der Waals surface area contributed by atoms with E-state index in [1.807, 2.05) is 37.3 Å². The summed E-state index contributed by atoms with van der Waals surface area (Å²) in [6.07, 6.45) is 3.36. The van der Waals surface area contributed by atoms with Crippen LogP contribution in [0.25, 0.3) is 11.4 Å². The number of aromatic nitrogens is 2. The van der Waals surface area contributed by atoms with Gasteiger partial charge in [0, 0.05) is 5.56 Å². The van der Waals surface area contributed by atoms with E-state index in [1.165, 1.54) is 0 Å². The Morgan fingerprint density at radius 3 is 2.86 bits per heavy atom. The summed E-state index contributed by atoms with van der Waals surface area (Å²) in [5.74, 6) is -0.515. The molecule has 2 heterocycles. The summed E-state index contributed by atoms with van der Waals surface area (Å²) >= 11 is 0. The first-order valence-corrected chi connectivity index (χ1v) is 9.67. The highest BCUT2D eigenvalue weighted by Gasteiger charge is 2.55. The molecule has 1 saturated heterocycles. The number of rotatable bonds is 5. The molecule has 1 aromatic carbocycles. The maximum absolute atomic E-state index is 12.9. The Labute approximate surface area is 167 Å². The third-order valence-electron chi connectivity index (χ3n) is 5.65. The smallest absolute Gasteiger partial charge is 0.326 e. The molecule has 29 heavy (non-hydrogen) atoms. The van der Waals surface area contributed by atoms with Gasteiger partial charge in [-0.2, -0.15) is 4.98 Å². The van der Waals surface area contributed by atoms with Crippen LogP contribution in [-0.4, -0.2) is 45.0 Å². The Bertz CT molecular complexity index is 928. The number of nitrogens with one attached hydrogen (secondary N) is 1. The van der Waals surface area contributed by atoms with Crippen LogP contribution in [0, 0.1) is 5.92 Å². The molecule has 4 rings (SSSR count). The van der Waals surface area contributed by atoms with Gasteiger partial charge in [-0.15, -0.1) is 0 Å². The summed E-state index contributed by atoms with van der Waals surface area (Å²) in [5, 5.41) is 6.66. The predicted octanol–water partition coefficient (Wildman–Crippen LogP) is 2.28. The monoisotopic (exact) mass is 398 g/mol. The standard InChI is InChI=1S/C20H22N4O5/c1-13-7-5-6-10-20(13)18(26)24(19(27)22-20)11-16(25)28-12-15-21-17(23-29-15)14-8-3-2-4-9-14/h2-4,8-9,13H,5-7,10-12H2,1H3,(H,22,27)/t13-,20-/m0/s1. The Morgan fingerprint density at radius 1 is 1.31 bits per heavy atom. The van der Waals surface area contributed by atoms with Crippen molar-refractivity contribution in [1.82, 2.24) is 20.4 Å². The number of hydrogen-bond donors (Lipinski definition) is 1. The zero-order valence-electron chi connectivity index (χ0n) is 16.1. The predicted molar refractivity (Wildman–Crippen MR) is 100 cm³/mol. The molecular formula is C20H22N4O5. The summed E-state index contributed by atoms with van der Waals surface area (Å²) < 4.78 is 10.2. The highest BCUT2D eigenvalue weighted by atomic mass is 16.6. The lowest BCUT2D eigenvalue weighted by molar-refractivity contribution is -0.150. The summed E-state index contributed by atoms with van der Waals surface area (Å²) in [7, 11) is 0. The molecule has 9 heteroatoms. The number of esters is 1. The molecule has 2 fully saturated rings. The lowest BCUT2D eigenvalue weighted by Crippen LogP contribution is -2.54. The maximum atomic E-state index is 12.9. The van der Waals surface area contributed by atoms with Crippen LogP contribution >= 0.6 is 0 Å². The summed E-state index contributed by atoms with van der Waals surface area (Å²) in [4.78, 5) is 42.5. The molecule has 2 atom stereocenters. The second-order valence-corrected chi connectivity index (χ2v) is 7.48. The van der Waals surface area contributed by atoms with Crippen molar-refractivity contribution < 1.29 is 23.6 Å². The van der Waals surface area contributed by atoms with Crippen LogP contribution < -0.4 is 5.32 Å². The molecule has 1 saturated carbocycles. The molecule has 152 valence electrons. The first kappa shape index (κ1) is 19.1. The second-order valence-electron chi connectivity index (χ2n) is 7.48. The van der Waals surface area contributed by atoms with E-state index in [4.69, 9.17) is 9.26 Å². The normalized spacial score (nSPS) is 24.0. The molecule has 1 aliphatic heterocycles. The van der Waals surface area contributed by atoms with Gasteiger partial charge in [0.25, 0.3) is 11.8 Å². The largest absolute Gasteiger partial charge is 0.454 e. The topological polar surface area (TPSA) is 115 Å². The lowest BCUT2D eigenvalue weighted by Gasteiger charge is -2.36. The van der Waals surface area contributed by atoms with Crippen LogP contribution in [-0.2, 0) is 20.9 Å². The highest BCUT2D eigenvalue weighted by Crippen LogP contribution is 2.38. The van der Waals surface area contributed by atoms with Crippen LogP contribution in [0.3, 0.4) is 0 Å². The van der Waals surface area contributed by atoms with Gasteiger partial charge in [0.2, 0.25) is 5.82 Å². The molecule has 1 aromatic heterocycles. The number of carbonyl (C=O) groups is 3. The number of ether oxygens (including phenoxy) is 1. The first-order chi connectivity index (χ1) is 14.0. The minimum Gasteiger partial charge on any atom is -0.454 e. The minimum absolute atomic E-state index is 0.0310. The van der Waals surface area contributed by atoms with E-state index >= 15 is 0 Å². The van der Waals surface area contributed by atoms with Gasteiger partial charge >= 0.3 is 12.0 Å². The average Bonchev–Trinajstić information content (AvgIpc) is 3.29. The van der Waals surface area contributed by atoms with Crippen molar-refractivity contribution in [3.63, 3.8) is 0 Å². The SMILES string of the molecule is C[C@H]1CCCC[C@]12NC(=O)N(CC(=O)OCc1nc(-c3ccccc3)no1)C2=O. The van der Waals surface area contributed by atoms with E-state index in [0.29, 0.717) is 12.2 Å². The van der Waals surface area contributed by atoms with Gasteiger partial charge in [0.15, 0.2) is 6.61 Å². The lowest BCUT2D eigenvalue weighted by atomic mass is 9.73. The summed E-state index contributed by atoms with van der Waals surface area (Å²) in [5.41, 5.74) is -0.118. The fourth-order valence-electron chi connectivity index (χ4n) is 3.97. The van der Waals surface area contributed by atoms with Crippen molar-refractivity contribution in [2.45, 2.75) is 44.8 Å². The number of benzene rings is 1. The van der Waals surface area contributed by atoms with E-state index in [0.717, 1.165) is 29.7 Å². The number of hydrogen-bond acceptors (Lipinski definition) is 7. The van der Waals surface area contributed by atoms with Crippen molar-refractivity contribution in [3.05, 3.63) is 36.2 Å². The molecule has 1 spiro atoms. The van der Waals surface area contributed by atoms with E-state index in [2.05, 4.69) is 15.5 Å². The Balaban J connectivity index is 1.35. The number of carbonyl (C=O) groups excluding carboxylic acids is 3. The number of imide groups is 1. The zero-order valence-corrected chi connectivity index (χ0v) is 16.1. The molecule has 0 bridgehead atoms. The first-order valence-electron chi connectivity index (χ1n) is 9.67. The molecule has 2 aliphatic rings. The second kappa shape index (κ2) is 7.65. The average molecular weight is 398 g/mol. The van der Waals surface area contributed by atoms with E-state index in [9.17, 15) is 14.4 Å². The van der Waals surface area contributed by atoms with Gasteiger partial charge in [-0.1, -0.05) is 55.3 Å². The summed E-state index contributed by atoms with van der Waals surface area (Å²) in [6, 6.07) is 8.69. The molecule has 9 nitrogen and oxygen atoms in total. The van der Waals surface area contributed by atoms with Crippen molar-refractivity contribution in [2.24, 2.45) is 5.92 Å². The van der Waals surface area contributed by atoms with Gasteiger partial charge in [-0.25, -0.2) is 4.79 Å². The van der Waals surface area contributed by atoms with E-state index < -0.39 is 24.1 Å². The fraction of sp³-hybridized carbons (Fsp3) is 0.450. The Hall–Kier alpha value is -3.23. The molecular weight excluding hydrogens is 376 g/mol. The fourth-order valence-corrected chi connectivity index (χ4v) is 3.97. The van der Waals surface area contributed by atoms with Crippen LogP contribution in [0.5, 0.6) is 0 Å². The van der Waals surface area contributed by atoms with Gasteiger partial charge in [-0.3, -0.25) is 14.5 Å². The third-order valence-corrected chi connectivity index (χ3v) is 5.65. The zero-order chi connectivity index (χ0) is 20.4. The quantitative estimate of drug-likeness (QED) is 0.607.